The van der Waals surface area contributed by atoms with Gasteiger partial charge < -0.3 is 34.4 Å². The molecule has 11 nitrogen and oxygen atoms in total. The highest BCUT2D eigenvalue weighted by Gasteiger charge is 2.27. The molecule has 13 heteroatoms. The summed E-state index contributed by atoms with van der Waals surface area (Å²) in [6.45, 7) is 0. The number of aromatic nitrogens is 3. The molecule has 0 saturated carbocycles. The van der Waals surface area contributed by atoms with Crippen LogP contribution in [0.15, 0.2) is 85.2 Å². The second kappa shape index (κ2) is 13.0. The fourth-order valence-electron chi connectivity index (χ4n) is 4.06. The minimum atomic E-state index is -1.36. The Labute approximate surface area is 255 Å². The van der Waals surface area contributed by atoms with E-state index in [2.05, 4.69) is 14.7 Å². The molecule has 0 radical (unpaired) electrons. The quantitative estimate of drug-likeness (QED) is 0.0711. The first-order valence-corrected chi connectivity index (χ1v) is 13.2. The number of carbonyl (C=O) groups excluding carboxylic acids is 1. The number of pyridine rings is 1. The summed E-state index contributed by atoms with van der Waals surface area (Å²) in [4.78, 5) is 19.7. The number of halogens is 2. The molecule has 5 rings (SSSR count). The van der Waals surface area contributed by atoms with Crippen LogP contribution in [0.3, 0.4) is 0 Å². The lowest BCUT2D eigenvalue weighted by molar-refractivity contribution is -0.134. The normalized spacial score (nSPS) is 10.9. The number of imidazole rings is 1. The van der Waals surface area contributed by atoms with E-state index < -0.39 is 40.9 Å². The van der Waals surface area contributed by atoms with Crippen LogP contribution in [0.2, 0.25) is 0 Å². The molecule has 3 aromatic carbocycles. The van der Waals surface area contributed by atoms with Crippen molar-refractivity contribution in [2.75, 3.05) is 7.11 Å². The Kier molecular flexibility index (Phi) is 8.70. The summed E-state index contributed by atoms with van der Waals surface area (Å²) in [5, 5.41) is 18.0. The molecule has 0 saturated heterocycles. The summed E-state index contributed by atoms with van der Waals surface area (Å²) in [5.74, 6) is -6.01. The van der Waals surface area contributed by atoms with Gasteiger partial charge in [-0.3, -0.25) is 5.41 Å². The van der Waals surface area contributed by atoms with E-state index in [-0.39, 0.29) is 28.6 Å². The number of phenols is 1. The third kappa shape index (κ3) is 6.88. The second-order valence-corrected chi connectivity index (χ2v) is 9.40. The van der Waals surface area contributed by atoms with Gasteiger partial charge in [-0.1, -0.05) is 24.3 Å². The summed E-state index contributed by atoms with van der Waals surface area (Å²) in [6.07, 6.45) is 5.98. The van der Waals surface area contributed by atoms with Crippen molar-refractivity contribution in [3.05, 3.63) is 108 Å². The molecule has 4 N–H and O–H groups in total. The molecule has 0 unspecified atom stereocenters. The summed E-state index contributed by atoms with van der Waals surface area (Å²) in [7, 11) is 3.03. The summed E-state index contributed by atoms with van der Waals surface area (Å²) >= 11 is 0. The molecule has 0 aliphatic heterocycles. The van der Waals surface area contributed by atoms with Crippen molar-refractivity contribution in [1.82, 2.24) is 14.5 Å². The van der Waals surface area contributed by atoms with Crippen LogP contribution in [0.1, 0.15) is 11.1 Å². The number of esters is 1. The van der Waals surface area contributed by atoms with Gasteiger partial charge in [-0.15, -0.1) is 0 Å². The number of carbonyl (C=O) groups is 1. The first-order valence-electron chi connectivity index (χ1n) is 13.2. The highest BCUT2D eigenvalue weighted by atomic mass is 19.1. The van der Waals surface area contributed by atoms with Crippen LogP contribution in [0.4, 0.5) is 8.78 Å². The average Bonchev–Trinajstić information content (AvgIpc) is 3.47. The lowest BCUT2D eigenvalue weighted by atomic mass is 10.2. The van der Waals surface area contributed by atoms with E-state index in [0.29, 0.717) is 17.0 Å². The minimum Gasteiger partial charge on any atom is -0.504 e. The first kappa shape index (κ1) is 30.2. The summed E-state index contributed by atoms with van der Waals surface area (Å²) < 4.78 is 55.1. The molecular weight excluding hydrogens is 588 g/mol. The van der Waals surface area contributed by atoms with Gasteiger partial charge in [-0.05, 0) is 54.1 Å². The SMILES string of the molecule is COC(=O)/C=C/c1cccc(Oc2c(F)c(Oc3cccc(-c4nccn4C)c3)nc(Oc3cc(C(=N)N)ccc3O)c2F)c1. The molecule has 0 fully saturated rings. The number of aryl methyl sites for hydroxylation is 1. The number of phenolic OH excluding ortho intramolecular Hbond substituents is 1. The zero-order valence-corrected chi connectivity index (χ0v) is 23.8. The van der Waals surface area contributed by atoms with Crippen molar-refractivity contribution in [2.24, 2.45) is 12.8 Å². The lowest BCUT2D eigenvalue weighted by Crippen LogP contribution is -2.11. The van der Waals surface area contributed by atoms with Crippen molar-refractivity contribution in [3.63, 3.8) is 0 Å². The molecular formula is C32H25F2N5O6. The number of aromatic hydroxyl groups is 1. The molecule has 2 heterocycles. The van der Waals surface area contributed by atoms with Gasteiger partial charge in [0.05, 0.1) is 7.11 Å². The van der Waals surface area contributed by atoms with E-state index in [1.165, 1.54) is 55.7 Å². The Morgan fingerprint density at radius 1 is 0.978 bits per heavy atom. The van der Waals surface area contributed by atoms with Crippen LogP contribution in [0.25, 0.3) is 17.5 Å². The zero-order chi connectivity index (χ0) is 32.1. The maximum Gasteiger partial charge on any atom is 0.330 e. The second-order valence-electron chi connectivity index (χ2n) is 9.40. The lowest BCUT2D eigenvalue weighted by Gasteiger charge is -2.16. The highest BCUT2D eigenvalue weighted by Crippen LogP contribution is 2.41. The third-order valence-electron chi connectivity index (χ3n) is 6.27. The number of ether oxygens (including phenoxy) is 4. The third-order valence-corrected chi connectivity index (χ3v) is 6.27. The number of amidine groups is 1. The number of hydrogen-bond acceptors (Lipinski definition) is 9. The molecule has 0 aliphatic carbocycles. The van der Waals surface area contributed by atoms with Crippen molar-refractivity contribution in [3.8, 4) is 51.9 Å². The molecule has 45 heavy (non-hydrogen) atoms. The van der Waals surface area contributed by atoms with Gasteiger partial charge in [0, 0.05) is 36.6 Å². The van der Waals surface area contributed by atoms with Gasteiger partial charge in [0.15, 0.2) is 11.5 Å². The number of hydrogen-bond donors (Lipinski definition) is 3. The molecule has 0 aliphatic rings. The van der Waals surface area contributed by atoms with Crippen molar-refractivity contribution >= 4 is 17.9 Å². The van der Waals surface area contributed by atoms with Crippen LogP contribution in [0, 0.1) is 17.0 Å². The fraction of sp³-hybridized carbons (Fsp3) is 0.0625. The molecule has 0 atom stereocenters. The Hall–Kier alpha value is -6.24. The average molecular weight is 614 g/mol. The molecule has 228 valence electrons. The predicted octanol–water partition coefficient (Wildman–Crippen LogP) is 6.31. The summed E-state index contributed by atoms with van der Waals surface area (Å²) in [6, 6.07) is 16.4. The van der Waals surface area contributed by atoms with Crippen LogP contribution >= 0.6 is 0 Å². The maximum absolute atomic E-state index is 15.9. The Balaban J connectivity index is 1.57. The molecule has 2 aromatic heterocycles. The van der Waals surface area contributed by atoms with Gasteiger partial charge in [0.1, 0.15) is 23.2 Å². The Morgan fingerprint density at radius 2 is 1.69 bits per heavy atom. The number of nitrogen functional groups attached to an aromatic ring is 1. The van der Waals surface area contributed by atoms with Crippen molar-refractivity contribution in [2.45, 2.75) is 0 Å². The van der Waals surface area contributed by atoms with E-state index in [4.69, 9.17) is 25.4 Å². The van der Waals surface area contributed by atoms with Crippen molar-refractivity contribution in [1.29, 1.82) is 5.41 Å². The van der Waals surface area contributed by atoms with Gasteiger partial charge in [-0.25, -0.2) is 9.78 Å². The maximum atomic E-state index is 15.9. The van der Waals surface area contributed by atoms with Gasteiger partial charge >= 0.3 is 5.97 Å². The number of methoxy groups -OCH3 is 1. The number of rotatable bonds is 10. The topological polar surface area (TPSA) is 155 Å². The minimum absolute atomic E-state index is 0.00104. The zero-order valence-electron chi connectivity index (χ0n) is 23.8. The number of nitrogens with one attached hydrogen (secondary N) is 1. The largest absolute Gasteiger partial charge is 0.504 e. The molecule has 0 amide bonds. The molecule has 0 bridgehead atoms. The van der Waals surface area contributed by atoms with Crippen LogP contribution in [-0.2, 0) is 16.6 Å². The fourth-order valence-corrected chi connectivity index (χ4v) is 4.06. The summed E-state index contributed by atoms with van der Waals surface area (Å²) in [5.41, 5.74) is 6.83. The van der Waals surface area contributed by atoms with E-state index in [1.54, 1.807) is 54.3 Å². The Bertz CT molecular complexity index is 1940. The van der Waals surface area contributed by atoms with Crippen LogP contribution < -0.4 is 19.9 Å². The van der Waals surface area contributed by atoms with E-state index in [1.807, 2.05) is 0 Å². The monoisotopic (exact) mass is 613 g/mol. The number of nitrogens with zero attached hydrogens (tertiary/aromatic N) is 3. The Morgan fingerprint density at radius 3 is 2.38 bits per heavy atom. The van der Waals surface area contributed by atoms with Crippen LogP contribution in [-0.4, -0.2) is 38.6 Å². The van der Waals surface area contributed by atoms with E-state index in [0.717, 1.165) is 0 Å². The van der Waals surface area contributed by atoms with E-state index in [9.17, 15) is 9.90 Å². The number of benzene rings is 3. The molecule has 0 spiro atoms. The van der Waals surface area contributed by atoms with Crippen molar-refractivity contribution < 1.29 is 37.6 Å². The van der Waals surface area contributed by atoms with Gasteiger partial charge in [-0.2, -0.15) is 13.8 Å². The van der Waals surface area contributed by atoms with Gasteiger partial charge in [0.2, 0.25) is 17.4 Å². The molecule has 5 aromatic rings. The smallest absolute Gasteiger partial charge is 0.330 e. The standard InChI is InChI=1S/C32H25F2N5O6/c1-39-14-13-37-30(39)20-6-4-8-22(16-20)44-31-26(33)28(43-21-7-3-5-18(15-21)9-12-25(41)42-2)27(34)32(38-31)45-24-17-19(29(35)36)10-11-23(24)40/h3-17,40H,1-2H3,(H3,35,36)/b12-9+. The van der Waals surface area contributed by atoms with Crippen LogP contribution in [0.5, 0.6) is 40.5 Å². The predicted molar refractivity (Wildman–Crippen MR) is 160 cm³/mol. The first-order chi connectivity index (χ1) is 21.6. The van der Waals surface area contributed by atoms with Gasteiger partial charge in [0.25, 0.3) is 11.8 Å². The number of nitrogens with two attached hydrogens (primary N) is 1. The highest BCUT2D eigenvalue weighted by molar-refractivity contribution is 5.95. The van der Waals surface area contributed by atoms with E-state index >= 15 is 8.78 Å².